The van der Waals surface area contributed by atoms with Crippen molar-refractivity contribution in [1.82, 2.24) is 15.6 Å². The fraction of sp³-hybridized carbons (Fsp3) is 0.722. The van der Waals surface area contributed by atoms with E-state index < -0.39 is 12.2 Å². The highest BCUT2D eigenvalue weighted by Gasteiger charge is 2.51. The maximum atomic E-state index is 11.6. The number of aromatic hydroxyl groups is 1. The van der Waals surface area contributed by atoms with Crippen LogP contribution in [0.5, 0.6) is 11.5 Å². The molecule has 0 radical (unpaired) electrons. The van der Waals surface area contributed by atoms with Crippen LogP contribution in [0.15, 0.2) is 39.7 Å². The number of phenols is 1. The van der Waals surface area contributed by atoms with Crippen LogP contribution in [0, 0.1) is 40.9 Å². The summed E-state index contributed by atoms with van der Waals surface area (Å²) in [5, 5.41) is 49.8. The molecule has 5 aliphatic rings. The molecule has 3 aromatic rings. The van der Waals surface area contributed by atoms with Crippen LogP contribution in [0.4, 0.5) is 0 Å². The van der Waals surface area contributed by atoms with Gasteiger partial charge in [-0.15, -0.1) is 0 Å². The van der Waals surface area contributed by atoms with Crippen LogP contribution in [0.2, 0.25) is 0 Å². The van der Waals surface area contributed by atoms with E-state index in [1.807, 2.05) is 46.7 Å². The Kier molecular flexibility index (Phi) is 18.2. The van der Waals surface area contributed by atoms with Crippen molar-refractivity contribution in [1.29, 1.82) is 0 Å². The molecule has 11 unspecified atom stereocenters. The Bertz CT molecular complexity index is 2090. The van der Waals surface area contributed by atoms with Gasteiger partial charge in [0.25, 0.3) is 0 Å². The molecule has 1 aliphatic heterocycles. The Labute approximate surface area is 414 Å². The van der Waals surface area contributed by atoms with Crippen molar-refractivity contribution >= 4 is 27.5 Å². The third-order valence-electron chi connectivity index (χ3n) is 17.3. The summed E-state index contributed by atoms with van der Waals surface area (Å²) in [6.07, 6.45) is 18.9. The number of unbranched alkanes of at least 4 members (excludes halogenated alkanes) is 1. The van der Waals surface area contributed by atoms with Gasteiger partial charge in [-0.3, -0.25) is 4.99 Å². The number of ether oxygens (including phenoxy) is 1. The maximum Gasteiger partial charge on any atom is 0.188 e. The van der Waals surface area contributed by atoms with Gasteiger partial charge in [-0.2, -0.15) is 0 Å². The Morgan fingerprint density at radius 1 is 1.00 bits per heavy atom. The van der Waals surface area contributed by atoms with Crippen LogP contribution >= 0.6 is 21.6 Å². The minimum Gasteiger partial charge on any atom is -0.504 e. The molecule has 378 valence electrons. The average molecular weight is 977 g/mol. The van der Waals surface area contributed by atoms with Crippen LogP contribution in [-0.2, 0) is 32.3 Å². The molecule has 11 N–H and O–H groups in total. The highest BCUT2D eigenvalue weighted by atomic mass is 33.1. The molecule has 1 spiro atoms. The minimum atomic E-state index is -0.888. The lowest BCUT2D eigenvalue weighted by molar-refractivity contribution is 0.101. The van der Waals surface area contributed by atoms with Crippen molar-refractivity contribution in [2.24, 2.45) is 57.4 Å². The Hall–Kier alpha value is -2.85. The smallest absolute Gasteiger partial charge is 0.188 e. The van der Waals surface area contributed by atoms with E-state index in [4.69, 9.17) is 20.6 Å². The first-order valence-electron chi connectivity index (χ1n) is 26.4. The van der Waals surface area contributed by atoms with Crippen LogP contribution in [0.3, 0.4) is 0 Å². The number of rotatable bonds is 18. The molecule has 2 aromatic heterocycles. The number of fused-ring (bicyclic) bond motifs is 5. The van der Waals surface area contributed by atoms with Crippen molar-refractivity contribution < 1.29 is 29.6 Å². The number of aliphatic imine (C=N–C) groups is 1. The molecule has 8 rings (SSSR count). The number of H-pyrrole nitrogens is 1. The van der Waals surface area contributed by atoms with E-state index in [1.165, 1.54) is 81.9 Å². The summed E-state index contributed by atoms with van der Waals surface area (Å²) in [5.74, 6) is 8.78. The summed E-state index contributed by atoms with van der Waals surface area (Å²) in [6, 6.07) is 10.2. The highest BCUT2D eigenvalue weighted by Crippen LogP contribution is 2.60. The first-order chi connectivity index (χ1) is 32.9. The molecule has 1 saturated heterocycles. The van der Waals surface area contributed by atoms with Gasteiger partial charge >= 0.3 is 0 Å². The SMILES string of the molecule is CN=C(N)NC1CSSCC2CC(CCC1C)C(CCCCc1oc(CCc3ccc(O)c(OCC(O)c4cc5c([nH]4)CC4(CCCC4)C4CCCC4C5CNCC(C)O)c3)cc1CO)CC2N. The third-order valence-corrected chi connectivity index (χ3v) is 19.8. The fourth-order valence-corrected chi connectivity index (χ4v) is 16.3. The van der Waals surface area contributed by atoms with Crippen molar-refractivity contribution in [3.8, 4) is 11.5 Å². The van der Waals surface area contributed by atoms with E-state index in [0.29, 0.717) is 78.1 Å². The average Bonchev–Trinajstić information content (AvgIpc) is 4.16. The van der Waals surface area contributed by atoms with E-state index >= 15 is 0 Å². The molecular weight excluding hydrogens is 893 g/mol. The van der Waals surface area contributed by atoms with Gasteiger partial charge in [-0.25, -0.2) is 0 Å². The third kappa shape index (κ3) is 12.6. The minimum absolute atomic E-state index is 0.00949. The summed E-state index contributed by atoms with van der Waals surface area (Å²) in [7, 11) is 5.65. The van der Waals surface area contributed by atoms with Crippen LogP contribution in [-0.4, -0.2) is 87.8 Å². The van der Waals surface area contributed by atoms with E-state index in [1.54, 1.807) is 13.1 Å². The second-order valence-corrected chi connectivity index (χ2v) is 24.4. The van der Waals surface area contributed by atoms with E-state index in [0.717, 1.165) is 84.4 Å². The largest absolute Gasteiger partial charge is 0.504 e. The molecule has 2 bridgehead atoms. The van der Waals surface area contributed by atoms with Crippen LogP contribution in [0.25, 0.3) is 0 Å². The Morgan fingerprint density at radius 2 is 1.82 bits per heavy atom. The molecule has 12 nitrogen and oxygen atoms in total. The first kappa shape index (κ1) is 51.5. The highest BCUT2D eigenvalue weighted by molar-refractivity contribution is 8.76. The number of aromatic nitrogens is 1. The van der Waals surface area contributed by atoms with Gasteiger partial charge in [-0.05, 0) is 154 Å². The molecule has 11 atom stereocenters. The van der Waals surface area contributed by atoms with Crippen LogP contribution < -0.4 is 26.8 Å². The number of nitrogens with two attached hydrogens (primary N) is 2. The van der Waals surface area contributed by atoms with Crippen LogP contribution in [0.1, 0.15) is 155 Å². The number of aryl methyl sites for hydroxylation is 3. The zero-order chi connectivity index (χ0) is 47.8. The zero-order valence-corrected chi connectivity index (χ0v) is 42.9. The van der Waals surface area contributed by atoms with Crippen molar-refractivity contribution in [3.63, 3.8) is 0 Å². The summed E-state index contributed by atoms with van der Waals surface area (Å²) < 4.78 is 12.6. The van der Waals surface area contributed by atoms with Gasteiger partial charge in [0.1, 0.15) is 24.2 Å². The molecule has 3 saturated carbocycles. The number of phenolic OH excluding ortho intramolecular Hbond substituents is 1. The number of furan rings is 1. The van der Waals surface area contributed by atoms with Gasteiger partial charge in [0.15, 0.2) is 17.5 Å². The summed E-state index contributed by atoms with van der Waals surface area (Å²) in [5.41, 5.74) is 18.5. The lowest BCUT2D eigenvalue weighted by atomic mass is 9.66. The predicted molar refractivity (Wildman–Crippen MR) is 277 cm³/mol. The van der Waals surface area contributed by atoms with Gasteiger partial charge in [0.2, 0.25) is 0 Å². The molecule has 3 heterocycles. The molecular formula is C54H84N6O6S2. The summed E-state index contributed by atoms with van der Waals surface area (Å²) >= 11 is 0. The number of nitrogens with one attached hydrogen (secondary N) is 3. The monoisotopic (exact) mass is 977 g/mol. The van der Waals surface area contributed by atoms with Crippen molar-refractivity contribution in [2.45, 2.75) is 166 Å². The zero-order valence-electron chi connectivity index (χ0n) is 41.2. The topological polar surface area (TPSA) is 208 Å². The van der Waals surface area contributed by atoms with Gasteiger partial charge in [0.05, 0.1) is 12.7 Å². The number of hydrogen-bond acceptors (Lipinski definition) is 11. The maximum absolute atomic E-state index is 11.6. The number of guanidine groups is 1. The number of hydrogen-bond donors (Lipinski definition) is 9. The van der Waals surface area contributed by atoms with E-state index in [2.05, 4.69) is 33.6 Å². The number of benzene rings is 1. The lowest BCUT2D eigenvalue weighted by Gasteiger charge is -2.40. The van der Waals surface area contributed by atoms with Crippen molar-refractivity contribution in [3.05, 3.63) is 69.9 Å². The normalized spacial score (nSPS) is 29.5. The lowest BCUT2D eigenvalue weighted by Crippen LogP contribution is -2.45. The summed E-state index contributed by atoms with van der Waals surface area (Å²) in [6.45, 7) is 5.54. The standard InChI is InChI=1S/C54H84N6O6S2/c1-33-13-16-37-22-39(31-67-68-32-48(33)60-53(56)57-3)45(55)24-36(37)9-4-5-12-51-38(29-61)23-40(66-51)17-14-35-15-18-49(63)52(21-35)65-30-50(64)46-25-42-43(28-58-27-34(2)62)41-10-8-11-44(41)54(19-6-7-20-54)26-47(42)59-46/h15,18,21,23,25,33-34,36-37,39,41,43-45,48,50,58-59,61-64H,4-14,16-17,19-20,22,24,26-32,55H2,1-3H3,(H3,56,57,60). The number of aliphatic hydroxyl groups excluding tert-OH is 3. The van der Waals surface area contributed by atoms with Gasteiger partial charge in [0, 0.05) is 79.4 Å². The molecule has 14 heteroatoms. The number of aliphatic hydroxyl groups is 3. The van der Waals surface area contributed by atoms with Gasteiger partial charge in [-0.1, -0.05) is 66.7 Å². The second-order valence-electron chi connectivity index (χ2n) is 21.8. The Balaban J connectivity index is 0.839. The van der Waals surface area contributed by atoms with Gasteiger partial charge < -0.3 is 56.7 Å². The molecule has 4 fully saturated rings. The molecule has 0 amide bonds. The Morgan fingerprint density at radius 3 is 2.62 bits per heavy atom. The second kappa shape index (κ2) is 24.0. The first-order valence-corrected chi connectivity index (χ1v) is 28.9. The molecule has 1 aromatic carbocycles. The van der Waals surface area contributed by atoms with E-state index in [9.17, 15) is 20.4 Å². The molecule has 4 aliphatic carbocycles. The number of nitrogens with zero attached hydrogens (tertiary/aromatic N) is 1. The predicted octanol–water partition coefficient (Wildman–Crippen LogP) is 8.69. The summed E-state index contributed by atoms with van der Waals surface area (Å²) in [4.78, 5) is 7.86. The van der Waals surface area contributed by atoms with E-state index in [-0.39, 0.29) is 25.0 Å². The fourth-order valence-electron chi connectivity index (χ4n) is 13.4. The van der Waals surface area contributed by atoms with Crippen molar-refractivity contribution in [2.75, 3.05) is 38.2 Å². The number of aromatic amines is 1. The molecule has 68 heavy (non-hydrogen) atoms. The quantitative estimate of drug-likeness (QED) is 0.0254.